The number of rotatable bonds is 3. The van der Waals surface area contributed by atoms with Gasteiger partial charge in [-0.25, -0.2) is 4.58 Å². The van der Waals surface area contributed by atoms with E-state index in [0.717, 1.165) is 13.1 Å². The molecule has 0 aliphatic carbocycles. The van der Waals surface area contributed by atoms with E-state index in [9.17, 15) is 0 Å². The van der Waals surface area contributed by atoms with Gasteiger partial charge in [0, 0.05) is 11.6 Å². The predicted molar refractivity (Wildman–Crippen MR) is 59.5 cm³/mol. The van der Waals surface area contributed by atoms with Crippen LogP contribution in [0.4, 0.5) is 0 Å². The molecule has 0 atom stereocenters. The van der Waals surface area contributed by atoms with Crippen molar-refractivity contribution in [2.45, 2.75) is 0 Å². The summed E-state index contributed by atoms with van der Waals surface area (Å²) in [6.45, 7) is 2.64. The maximum atomic E-state index is 5.51. The molecular formula is C12H15N2+. The third-order valence-electron chi connectivity index (χ3n) is 2.42. The fourth-order valence-corrected chi connectivity index (χ4v) is 1.68. The second kappa shape index (κ2) is 4.20. The monoisotopic (exact) mass is 187 g/mol. The van der Waals surface area contributed by atoms with Crippen LogP contribution in [0.2, 0.25) is 0 Å². The highest BCUT2D eigenvalue weighted by molar-refractivity contribution is 5.85. The van der Waals surface area contributed by atoms with Gasteiger partial charge in [-0.15, -0.1) is 0 Å². The van der Waals surface area contributed by atoms with Gasteiger partial charge >= 0.3 is 0 Å². The molecule has 0 saturated heterocycles. The second-order valence-electron chi connectivity index (χ2n) is 3.47. The molecule has 2 heteroatoms. The summed E-state index contributed by atoms with van der Waals surface area (Å²) in [7, 11) is 0. The van der Waals surface area contributed by atoms with Gasteiger partial charge in [-0.05, 0) is 5.56 Å². The van der Waals surface area contributed by atoms with Crippen molar-refractivity contribution in [3.05, 3.63) is 42.0 Å². The molecule has 0 fully saturated rings. The first kappa shape index (κ1) is 9.16. The van der Waals surface area contributed by atoms with Crippen LogP contribution in [0.1, 0.15) is 5.56 Å². The van der Waals surface area contributed by atoms with E-state index in [0.29, 0.717) is 6.54 Å². The third-order valence-corrected chi connectivity index (χ3v) is 2.42. The summed E-state index contributed by atoms with van der Waals surface area (Å²) in [6.07, 6.45) is 4.29. The highest BCUT2D eigenvalue weighted by Crippen LogP contribution is 2.15. The fourth-order valence-electron chi connectivity index (χ4n) is 1.68. The molecule has 1 heterocycles. The Kier molecular flexibility index (Phi) is 2.75. The molecule has 2 rings (SSSR count). The fraction of sp³-hybridized carbons (Fsp3) is 0.250. The smallest absolute Gasteiger partial charge is 0.169 e. The summed E-state index contributed by atoms with van der Waals surface area (Å²) in [4.78, 5) is 0. The van der Waals surface area contributed by atoms with Crippen molar-refractivity contribution in [1.29, 1.82) is 0 Å². The van der Waals surface area contributed by atoms with E-state index in [1.165, 1.54) is 11.1 Å². The number of allylic oxidation sites excluding steroid dienone is 1. The van der Waals surface area contributed by atoms with E-state index in [4.69, 9.17) is 5.73 Å². The zero-order chi connectivity index (χ0) is 9.80. The van der Waals surface area contributed by atoms with Gasteiger partial charge < -0.3 is 5.73 Å². The molecule has 72 valence electrons. The summed E-state index contributed by atoms with van der Waals surface area (Å²) in [5, 5.41) is 0. The van der Waals surface area contributed by atoms with Crippen molar-refractivity contribution in [3.8, 4) is 0 Å². The lowest BCUT2D eigenvalue weighted by atomic mass is 10.1. The molecule has 2 nitrogen and oxygen atoms in total. The normalized spacial score (nSPS) is 15.2. The molecule has 1 aromatic rings. The molecule has 0 saturated carbocycles. The zero-order valence-electron chi connectivity index (χ0n) is 8.19. The number of nitrogens with zero attached hydrogens (tertiary/aromatic N) is 1. The lowest BCUT2D eigenvalue weighted by Crippen LogP contribution is -2.19. The summed E-state index contributed by atoms with van der Waals surface area (Å²) in [6, 6.07) is 10.5. The van der Waals surface area contributed by atoms with Crippen molar-refractivity contribution in [3.63, 3.8) is 0 Å². The quantitative estimate of drug-likeness (QED) is 0.706. The van der Waals surface area contributed by atoms with E-state index in [-0.39, 0.29) is 0 Å². The number of hydrogen-bond donors (Lipinski definition) is 1. The molecule has 0 spiro atoms. The SMILES string of the molecule is NCC[N+]1=CC=C(c2ccccc2)C1. The molecule has 0 amide bonds. The number of benzene rings is 1. The molecule has 0 unspecified atom stereocenters. The van der Waals surface area contributed by atoms with Crippen molar-refractivity contribution in [2.24, 2.45) is 5.73 Å². The van der Waals surface area contributed by atoms with Crippen LogP contribution in [-0.2, 0) is 0 Å². The van der Waals surface area contributed by atoms with Crippen LogP contribution >= 0.6 is 0 Å². The summed E-state index contributed by atoms with van der Waals surface area (Å²) < 4.78 is 2.24. The Morgan fingerprint density at radius 2 is 2.00 bits per heavy atom. The largest absolute Gasteiger partial charge is 0.325 e. The summed E-state index contributed by atoms with van der Waals surface area (Å²) in [5.74, 6) is 0. The average molecular weight is 187 g/mol. The highest BCUT2D eigenvalue weighted by Gasteiger charge is 2.14. The minimum absolute atomic E-state index is 0.715. The van der Waals surface area contributed by atoms with Crippen LogP contribution < -0.4 is 5.73 Å². The molecule has 1 aromatic carbocycles. The van der Waals surface area contributed by atoms with Crippen molar-refractivity contribution in [1.82, 2.24) is 0 Å². The Morgan fingerprint density at radius 3 is 2.71 bits per heavy atom. The molecule has 0 bridgehead atoms. The Morgan fingerprint density at radius 1 is 1.21 bits per heavy atom. The van der Waals surface area contributed by atoms with Crippen molar-refractivity contribution >= 4 is 11.8 Å². The standard InChI is InChI=1S/C12H15N2/c13-7-9-14-8-6-12(10-14)11-4-2-1-3-5-11/h1-6,8H,7,9-10,13H2/q+1. The van der Waals surface area contributed by atoms with Crippen LogP contribution in [0, 0.1) is 0 Å². The van der Waals surface area contributed by atoms with Gasteiger partial charge in [0.05, 0.1) is 6.54 Å². The topological polar surface area (TPSA) is 29.0 Å². The van der Waals surface area contributed by atoms with Gasteiger partial charge in [0.25, 0.3) is 0 Å². The minimum atomic E-state index is 0.715. The van der Waals surface area contributed by atoms with E-state index < -0.39 is 0 Å². The molecule has 2 N–H and O–H groups in total. The van der Waals surface area contributed by atoms with Crippen molar-refractivity contribution in [2.75, 3.05) is 19.6 Å². The number of hydrogen-bond acceptors (Lipinski definition) is 1. The van der Waals surface area contributed by atoms with Crippen LogP contribution in [0.25, 0.3) is 5.57 Å². The van der Waals surface area contributed by atoms with Crippen molar-refractivity contribution < 1.29 is 4.58 Å². The molecule has 1 aliphatic rings. The lowest BCUT2D eigenvalue weighted by molar-refractivity contribution is -0.504. The highest BCUT2D eigenvalue weighted by atomic mass is 15.0. The third kappa shape index (κ3) is 1.91. The van der Waals surface area contributed by atoms with E-state index in [1.807, 2.05) is 6.07 Å². The minimum Gasteiger partial charge on any atom is -0.325 e. The molecule has 0 aromatic heterocycles. The summed E-state index contributed by atoms with van der Waals surface area (Å²) in [5.41, 5.74) is 8.19. The van der Waals surface area contributed by atoms with Gasteiger partial charge in [-0.3, -0.25) is 0 Å². The Labute approximate surface area is 84.4 Å². The van der Waals surface area contributed by atoms with Gasteiger partial charge in [0.1, 0.15) is 0 Å². The first-order chi connectivity index (χ1) is 6.90. The molecule has 1 aliphatic heterocycles. The van der Waals surface area contributed by atoms with Gasteiger partial charge in [-0.2, -0.15) is 0 Å². The van der Waals surface area contributed by atoms with E-state index in [1.54, 1.807) is 0 Å². The Bertz CT molecular complexity index is 363. The van der Waals surface area contributed by atoms with Gasteiger partial charge in [-0.1, -0.05) is 30.3 Å². The van der Waals surface area contributed by atoms with Gasteiger partial charge in [0.2, 0.25) is 0 Å². The zero-order valence-corrected chi connectivity index (χ0v) is 8.19. The first-order valence-corrected chi connectivity index (χ1v) is 4.94. The van der Waals surface area contributed by atoms with Crippen LogP contribution in [0.15, 0.2) is 36.4 Å². The number of nitrogens with two attached hydrogens (primary N) is 1. The maximum absolute atomic E-state index is 5.51. The maximum Gasteiger partial charge on any atom is 0.169 e. The molecule has 0 radical (unpaired) electrons. The Balaban J connectivity index is 2.06. The molecule has 14 heavy (non-hydrogen) atoms. The van der Waals surface area contributed by atoms with E-state index >= 15 is 0 Å². The molecular weight excluding hydrogens is 172 g/mol. The van der Waals surface area contributed by atoms with Crippen LogP contribution in [0.3, 0.4) is 0 Å². The predicted octanol–water partition coefficient (Wildman–Crippen LogP) is 1.13. The van der Waals surface area contributed by atoms with Crippen LogP contribution in [-0.4, -0.2) is 30.4 Å². The average Bonchev–Trinajstić information content (AvgIpc) is 2.68. The van der Waals surface area contributed by atoms with Gasteiger partial charge in [0.15, 0.2) is 19.3 Å². The van der Waals surface area contributed by atoms with E-state index in [2.05, 4.69) is 41.1 Å². The Hall–Kier alpha value is -1.41. The van der Waals surface area contributed by atoms with Crippen LogP contribution in [0.5, 0.6) is 0 Å². The second-order valence-corrected chi connectivity index (χ2v) is 3.47. The summed E-state index contributed by atoms with van der Waals surface area (Å²) >= 11 is 0. The first-order valence-electron chi connectivity index (χ1n) is 4.94. The lowest BCUT2D eigenvalue weighted by Gasteiger charge is -2.00.